The fraction of sp³-hybridized carbons (Fsp3) is 0.0909. The van der Waals surface area contributed by atoms with E-state index in [9.17, 15) is 9.59 Å². The average Bonchev–Trinajstić information content (AvgIpc) is 3.01. The molecule has 0 aliphatic heterocycles. The molecule has 42 heavy (non-hydrogen) atoms. The number of nitrogens with one attached hydrogen (secondary N) is 4. The molecule has 0 aliphatic rings. The maximum Gasteiger partial charge on any atom is 0.261 e. The van der Waals surface area contributed by atoms with Crippen LogP contribution in [-0.4, -0.2) is 28.8 Å². The molecule has 1 aromatic heterocycles. The van der Waals surface area contributed by atoms with Crippen molar-refractivity contribution in [3.63, 3.8) is 0 Å². The van der Waals surface area contributed by atoms with Gasteiger partial charge >= 0.3 is 0 Å². The summed E-state index contributed by atoms with van der Waals surface area (Å²) >= 11 is 0. The van der Waals surface area contributed by atoms with E-state index in [-0.39, 0.29) is 11.5 Å². The Morgan fingerprint density at radius 1 is 0.738 bits per heavy atom. The molecule has 0 fully saturated rings. The van der Waals surface area contributed by atoms with Gasteiger partial charge in [0.15, 0.2) is 0 Å². The third-order valence-electron chi connectivity index (χ3n) is 6.78. The van der Waals surface area contributed by atoms with E-state index in [1.165, 1.54) is 6.20 Å². The molecule has 4 aromatic carbocycles. The maximum atomic E-state index is 13.3. The largest absolute Gasteiger partial charge is 0.398 e. The molecule has 5 rings (SSSR count). The molecule has 210 valence electrons. The number of aryl methyl sites for hydroxylation is 2. The number of amides is 2. The summed E-state index contributed by atoms with van der Waals surface area (Å²) in [6.45, 7) is 3.80. The second-order valence-electron chi connectivity index (χ2n) is 9.79. The van der Waals surface area contributed by atoms with E-state index in [0.29, 0.717) is 34.4 Å². The highest BCUT2D eigenvalue weighted by Crippen LogP contribution is 2.25. The van der Waals surface area contributed by atoms with Crippen LogP contribution >= 0.6 is 0 Å². The van der Waals surface area contributed by atoms with Gasteiger partial charge in [-0.1, -0.05) is 54.6 Å². The molecule has 0 atom stereocenters. The number of nitrogens with two attached hydrogens (primary N) is 1. The van der Waals surface area contributed by atoms with Gasteiger partial charge < -0.3 is 27.0 Å². The van der Waals surface area contributed by atoms with E-state index in [1.807, 2.05) is 80.6 Å². The number of nitrogens with zero attached hydrogens (tertiary/aromatic N) is 2. The Hall–Kier alpha value is -5.70. The molecular formula is C33H31N7O2. The molecule has 0 bridgehead atoms. The third kappa shape index (κ3) is 6.37. The van der Waals surface area contributed by atoms with Crippen molar-refractivity contribution >= 4 is 46.3 Å². The van der Waals surface area contributed by atoms with Crippen LogP contribution in [0.3, 0.4) is 0 Å². The van der Waals surface area contributed by atoms with Crippen LogP contribution in [0.1, 0.15) is 31.8 Å². The topological polar surface area (TPSA) is 134 Å². The summed E-state index contributed by atoms with van der Waals surface area (Å²) in [6.07, 6.45) is 1.45. The fourth-order valence-corrected chi connectivity index (χ4v) is 4.34. The molecule has 2 amide bonds. The van der Waals surface area contributed by atoms with Crippen LogP contribution in [0.5, 0.6) is 0 Å². The van der Waals surface area contributed by atoms with Gasteiger partial charge in [-0.15, -0.1) is 0 Å². The van der Waals surface area contributed by atoms with Crippen molar-refractivity contribution in [2.45, 2.75) is 13.8 Å². The van der Waals surface area contributed by atoms with Crippen molar-refractivity contribution in [2.75, 3.05) is 34.0 Å². The van der Waals surface area contributed by atoms with Gasteiger partial charge in [0.1, 0.15) is 11.4 Å². The van der Waals surface area contributed by atoms with Crippen molar-refractivity contribution in [3.05, 3.63) is 119 Å². The molecule has 0 aliphatic carbocycles. The predicted molar refractivity (Wildman–Crippen MR) is 169 cm³/mol. The highest BCUT2D eigenvalue weighted by Gasteiger charge is 2.16. The van der Waals surface area contributed by atoms with Crippen molar-refractivity contribution in [1.82, 2.24) is 9.97 Å². The highest BCUT2D eigenvalue weighted by molar-refractivity contribution is 6.09. The zero-order valence-electron chi connectivity index (χ0n) is 23.5. The first-order valence-corrected chi connectivity index (χ1v) is 13.4. The number of hydrogen-bond donors (Lipinski definition) is 5. The minimum atomic E-state index is -0.396. The molecule has 9 heteroatoms. The number of aromatic nitrogens is 2. The highest BCUT2D eigenvalue weighted by atomic mass is 16.2. The van der Waals surface area contributed by atoms with Crippen molar-refractivity contribution in [3.8, 4) is 11.1 Å². The Balaban J connectivity index is 1.30. The second kappa shape index (κ2) is 12.2. The predicted octanol–water partition coefficient (Wildman–Crippen LogP) is 6.63. The summed E-state index contributed by atoms with van der Waals surface area (Å²) in [6, 6.07) is 28.3. The number of carbonyl (C=O) groups is 2. The number of nitrogen functional groups attached to an aromatic ring is 1. The molecular weight excluding hydrogens is 526 g/mol. The number of anilines is 6. The van der Waals surface area contributed by atoms with Crippen LogP contribution < -0.4 is 27.0 Å². The van der Waals surface area contributed by atoms with Gasteiger partial charge in [-0.05, 0) is 72.5 Å². The minimum absolute atomic E-state index is 0.252. The Labute approximate surface area is 244 Å². The molecule has 0 saturated carbocycles. The lowest BCUT2D eigenvalue weighted by Gasteiger charge is -2.14. The first-order valence-electron chi connectivity index (χ1n) is 13.4. The van der Waals surface area contributed by atoms with Gasteiger partial charge in [-0.2, -0.15) is 4.98 Å². The van der Waals surface area contributed by atoms with Gasteiger partial charge in [0, 0.05) is 41.6 Å². The Kier molecular flexibility index (Phi) is 8.10. The van der Waals surface area contributed by atoms with Crippen LogP contribution in [0.15, 0.2) is 97.2 Å². The second-order valence-corrected chi connectivity index (χ2v) is 9.79. The summed E-state index contributed by atoms with van der Waals surface area (Å²) in [5, 5.41) is 11.9. The summed E-state index contributed by atoms with van der Waals surface area (Å²) in [5.74, 6) is 0.0210. The van der Waals surface area contributed by atoms with Gasteiger partial charge in [0.25, 0.3) is 11.8 Å². The quantitative estimate of drug-likeness (QED) is 0.135. The monoisotopic (exact) mass is 557 g/mol. The van der Waals surface area contributed by atoms with E-state index in [2.05, 4.69) is 31.2 Å². The van der Waals surface area contributed by atoms with Crippen molar-refractivity contribution < 1.29 is 9.59 Å². The van der Waals surface area contributed by atoms with Gasteiger partial charge in [-0.25, -0.2) is 4.98 Å². The fourth-order valence-electron chi connectivity index (χ4n) is 4.34. The summed E-state index contributed by atoms with van der Waals surface area (Å²) < 4.78 is 0. The van der Waals surface area contributed by atoms with E-state index < -0.39 is 5.91 Å². The Morgan fingerprint density at radius 2 is 1.48 bits per heavy atom. The first-order chi connectivity index (χ1) is 20.3. The summed E-state index contributed by atoms with van der Waals surface area (Å²) in [4.78, 5) is 35.1. The van der Waals surface area contributed by atoms with E-state index >= 15 is 0 Å². The lowest BCUT2D eigenvalue weighted by molar-refractivity contribution is 0.101. The van der Waals surface area contributed by atoms with Crippen LogP contribution in [0, 0.1) is 13.8 Å². The third-order valence-corrected chi connectivity index (χ3v) is 6.78. The average molecular weight is 558 g/mol. The molecule has 9 nitrogen and oxygen atoms in total. The van der Waals surface area contributed by atoms with Crippen LogP contribution in [-0.2, 0) is 0 Å². The zero-order chi connectivity index (χ0) is 29.6. The van der Waals surface area contributed by atoms with Crippen LogP contribution in [0.2, 0.25) is 0 Å². The van der Waals surface area contributed by atoms with Crippen molar-refractivity contribution in [1.29, 1.82) is 0 Å². The number of hydrogen-bond acceptors (Lipinski definition) is 7. The SMILES string of the molecule is CNc1nc(Nc2ccc(C)c(N)c2)ncc1C(=O)Nc1cc(NC(=O)c2cccc(-c3ccccc3)c2)ccc1C. The minimum Gasteiger partial charge on any atom is -0.398 e. The number of benzene rings is 4. The maximum absolute atomic E-state index is 13.3. The molecule has 0 spiro atoms. The summed E-state index contributed by atoms with van der Waals surface area (Å²) in [5.41, 5.74) is 13.1. The molecule has 5 aromatic rings. The van der Waals surface area contributed by atoms with Gasteiger partial charge in [0.2, 0.25) is 5.95 Å². The van der Waals surface area contributed by atoms with E-state index in [1.54, 1.807) is 31.3 Å². The van der Waals surface area contributed by atoms with Crippen LogP contribution in [0.25, 0.3) is 11.1 Å². The van der Waals surface area contributed by atoms with Gasteiger partial charge in [0.05, 0.1) is 0 Å². The number of rotatable bonds is 8. The van der Waals surface area contributed by atoms with Gasteiger partial charge in [-0.3, -0.25) is 9.59 Å². The van der Waals surface area contributed by atoms with Crippen molar-refractivity contribution in [2.24, 2.45) is 0 Å². The zero-order valence-corrected chi connectivity index (χ0v) is 23.5. The Morgan fingerprint density at radius 3 is 2.24 bits per heavy atom. The molecule has 0 unspecified atom stereocenters. The molecule has 0 radical (unpaired) electrons. The van der Waals surface area contributed by atoms with E-state index in [4.69, 9.17) is 5.73 Å². The lowest BCUT2D eigenvalue weighted by atomic mass is 10.0. The molecule has 0 saturated heterocycles. The smallest absolute Gasteiger partial charge is 0.261 e. The molecule has 1 heterocycles. The standard InChI is InChI=1S/C33H31N7O2/c1-20-12-14-25(17-28(20)34)38-33-36-19-27(30(35-3)40-33)32(42)39-29-18-26(15-13-21(29)2)37-31(41)24-11-7-10-23(16-24)22-8-5-4-6-9-22/h4-19H,34H2,1-3H3,(H,37,41)(H,39,42)(H2,35,36,38,40). The lowest BCUT2D eigenvalue weighted by Crippen LogP contribution is -2.17. The number of carbonyl (C=O) groups excluding carboxylic acids is 2. The van der Waals surface area contributed by atoms with E-state index in [0.717, 1.165) is 27.9 Å². The summed E-state index contributed by atoms with van der Waals surface area (Å²) in [7, 11) is 1.68. The van der Waals surface area contributed by atoms with Crippen LogP contribution in [0.4, 0.5) is 34.5 Å². The first kappa shape index (κ1) is 27.9. The normalized spacial score (nSPS) is 10.5. The Bertz CT molecular complexity index is 1770. The molecule has 6 N–H and O–H groups in total.